The number of rotatable bonds is 4. The van der Waals surface area contributed by atoms with Crippen molar-refractivity contribution in [2.24, 2.45) is 0 Å². The molecule has 0 fully saturated rings. The number of hydrogen-bond acceptors (Lipinski definition) is 2. The molecule has 2 heterocycles. The Balaban J connectivity index is 2.48. The molecular weight excluding hydrogens is 212 g/mol. The third-order valence-electron chi connectivity index (χ3n) is 2.42. The Morgan fingerprint density at radius 2 is 2.31 bits per heavy atom. The molecule has 2 aromatic rings. The molecule has 2 rings (SSSR count). The van der Waals surface area contributed by atoms with Crippen LogP contribution in [0.25, 0.3) is 11.0 Å². The normalized spacial score (nSPS) is 11.5. The van der Waals surface area contributed by atoms with Gasteiger partial charge in [0.05, 0.1) is 6.54 Å². The Labute approximate surface area is 92.1 Å². The van der Waals surface area contributed by atoms with E-state index >= 15 is 0 Å². The Morgan fingerprint density at radius 1 is 1.50 bits per heavy atom. The van der Waals surface area contributed by atoms with Crippen LogP contribution in [0.15, 0.2) is 24.5 Å². The van der Waals surface area contributed by atoms with Crippen molar-refractivity contribution in [2.45, 2.75) is 19.5 Å². The zero-order valence-electron chi connectivity index (χ0n) is 8.95. The van der Waals surface area contributed by atoms with Crippen LogP contribution in [0, 0.1) is 0 Å². The first-order valence-electron chi connectivity index (χ1n) is 5.08. The number of pyridine rings is 1. The minimum absolute atomic E-state index is 0.308. The van der Waals surface area contributed by atoms with Gasteiger partial charge in [0, 0.05) is 24.3 Å². The van der Waals surface area contributed by atoms with E-state index in [4.69, 9.17) is 0 Å². The standard InChI is InChI=1S/C11H13F2N3/c1-14-5-8-6-16(7-10(12)13)11-9(8)3-2-4-15-11/h2-4,6,10,14H,5,7H2,1H3. The van der Waals surface area contributed by atoms with Crippen LogP contribution >= 0.6 is 0 Å². The summed E-state index contributed by atoms with van der Waals surface area (Å²) in [5.74, 6) is 0. The summed E-state index contributed by atoms with van der Waals surface area (Å²) in [6.45, 7) is 0.343. The predicted molar refractivity (Wildman–Crippen MR) is 58.5 cm³/mol. The molecule has 0 spiro atoms. The molecule has 0 amide bonds. The fourth-order valence-electron chi connectivity index (χ4n) is 1.81. The molecule has 0 saturated heterocycles. The van der Waals surface area contributed by atoms with Gasteiger partial charge in [-0.1, -0.05) is 0 Å². The van der Waals surface area contributed by atoms with E-state index in [0.717, 1.165) is 10.9 Å². The highest BCUT2D eigenvalue weighted by atomic mass is 19.3. The summed E-state index contributed by atoms with van der Waals surface area (Å²) in [6, 6.07) is 3.71. The summed E-state index contributed by atoms with van der Waals surface area (Å²) in [6.07, 6.45) is 0.994. The van der Waals surface area contributed by atoms with Crippen molar-refractivity contribution < 1.29 is 8.78 Å². The first-order valence-corrected chi connectivity index (χ1v) is 5.08. The number of nitrogens with zero attached hydrogens (tertiary/aromatic N) is 2. The molecule has 0 aliphatic rings. The minimum atomic E-state index is -2.36. The van der Waals surface area contributed by atoms with Gasteiger partial charge in [-0.15, -0.1) is 0 Å². The molecule has 2 aromatic heterocycles. The quantitative estimate of drug-likeness (QED) is 0.862. The van der Waals surface area contributed by atoms with Gasteiger partial charge in [0.15, 0.2) is 0 Å². The van der Waals surface area contributed by atoms with E-state index < -0.39 is 6.43 Å². The van der Waals surface area contributed by atoms with Crippen molar-refractivity contribution >= 4 is 11.0 Å². The molecule has 0 aliphatic heterocycles. The van der Waals surface area contributed by atoms with E-state index in [1.165, 1.54) is 4.57 Å². The van der Waals surface area contributed by atoms with Gasteiger partial charge in [0.1, 0.15) is 5.65 Å². The van der Waals surface area contributed by atoms with Gasteiger partial charge in [-0.25, -0.2) is 13.8 Å². The van der Waals surface area contributed by atoms with Crippen LogP contribution in [-0.4, -0.2) is 23.0 Å². The zero-order chi connectivity index (χ0) is 11.5. The highest BCUT2D eigenvalue weighted by molar-refractivity contribution is 5.80. The Kier molecular flexibility index (Phi) is 3.14. The zero-order valence-corrected chi connectivity index (χ0v) is 8.95. The molecule has 0 atom stereocenters. The van der Waals surface area contributed by atoms with Crippen molar-refractivity contribution in [2.75, 3.05) is 7.05 Å². The molecule has 1 N–H and O–H groups in total. The SMILES string of the molecule is CNCc1cn(CC(F)F)c2ncccc12. The highest BCUT2D eigenvalue weighted by Gasteiger charge is 2.11. The number of fused-ring (bicyclic) bond motifs is 1. The third-order valence-corrected chi connectivity index (χ3v) is 2.42. The van der Waals surface area contributed by atoms with E-state index in [1.54, 1.807) is 12.4 Å². The largest absolute Gasteiger partial charge is 0.326 e. The van der Waals surface area contributed by atoms with Crippen molar-refractivity contribution in [1.82, 2.24) is 14.9 Å². The number of aromatic nitrogens is 2. The van der Waals surface area contributed by atoms with Crippen LogP contribution < -0.4 is 5.32 Å². The monoisotopic (exact) mass is 225 g/mol. The van der Waals surface area contributed by atoms with Crippen LogP contribution in [0.2, 0.25) is 0 Å². The number of hydrogen-bond donors (Lipinski definition) is 1. The lowest BCUT2D eigenvalue weighted by atomic mass is 10.2. The predicted octanol–water partition coefficient (Wildman–Crippen LogP) is 2.02. The number of nitrogens with one attached hydrogen (secondary N) is 1. The molecule has 0 unspecified atom stereocenters. The third kappa shape index (κ3) is 2.04. The maximum Gasteiger partial charge on any atom is 0.256 e. The number of alkyl halides is 2. The van der Waals surface area contributed by atoms with Gasteiger partial charge in [0.25, 0.3) is 6.43 Å². The average molecular weight is 225 g/mol. The van der Waals surface area contributed by atoms with Crippen molar-refractivity contribution in [1.29, 1.82) is 0 Å². The molecule has 0 radical (unpaired) electrons. The van der Waals surface area contributed by atoms with E-state index in [9.17, 15) is 8.78 Å². The lowest BCUT2D eigenvalue weighted by Crippen LogP contribution is -2.06. The summed E-state index contributed by atoms with van der Waals surface area (Å²) in [7, 11) is 1.83. The highest BCUT2D eigenvalue weighted by Crippen LogP contribution is 2.20. The fraction of sp³-hybridized carbons (Fsp3) is 0.364. The van der Waals surface area contributed by atoms with Crippen molar-refractivity contribution in [3.63, 3.8) is 0 Å². The first-order chi connectivity index (χ1) is 7.72. The number of halogens is 2. The molecule has 0 aliphatic carbocycles. The van der Waals surface area contributed by atoms with Crippen LogP contribution in [0.3, 0.4) is 0 Å². The summed E-state index contributed by atoms with van der Waals surface area (Å²) in [4.78, 5) is 4.14. The summed E-state index contributed by atoms with van der Waals surface area (Å²) in [5, 5.41) is 3.94. The van der Waals surface area contributed by atoms with Crippen LogP contribution in [0.4, 0.5) is 8.78 Å². The average Bonchev–Trinajstić information content (AvgIpc) is 2.58. The Morgan fingerprint density at radius 3 is 3.00 bits per heavy atom. The van der Waals surface area contributed by atoms with Crippen LogP contribution in [-0.2, 0) is 13.1 Å². The minimum Gasteiger partial charge on any atom is -0.326 e. The van der Waals surface area contributed by atoms with Gasteiger partial charge in [-0.2, -0.15) is 0 Å². The summed E-state index contributed by atoms with van der Waals surface area (Å²) < 4.78 is 26.3. The summed E-state index contributed by atoms with van der Waals surface area (Å²) in [5.41, 5.74) is 1.61. The molecule has 0 bridgehead atoms. The van der Waals surface area contributed by atoms with Gasteiger partial charge in [-0.3, -0.25) is 0 Å². The molecule has 86 valence electrons. The van der Waals surface area contributed by atoms with E-state index in [0.29, 0.717) is 12.2 Å². The lowest BCUT2D eigenvalue weighted by molar-refractivity contribution is 0.128. The van der Waals surface area contributed by atoms with Gasteiger partial charge >= 0.3 is 0 Å². The Bertz CT molecular complexity index is 479. The lowest BCUT2D eigenvalue weighted by Gasteiger charge is -2.02. The van der Waals surface area contributed by atoms with E-state index in [2.05, 4.69) is 10.3 Å². The van der Waals surface area contributed by atoms with Gasteiger partial charge in [0.2, 0.25) is 0 Å². The maximum atomic E-state index is 12.4. The molecule has 0 aromatic carbocycles. The second-order valence-corrected chi connectivity index (χ2v) is 3.60. The molecule has 0 saturated carbocycles. The summed E-state index contributed by atoms with van der Waals surface area (Å²) >= 11 is 0. The van der Waals surface area contributed by atoms with Crippen LogP contribution in [0.5, 0.6) is 0 Å². The molecule has 3 nitrogen and oxygen atoms in total. The van der Waals surface area contributed by atoms with Gasteiger partial charge < -0.3 is 9.88 Å². The van der Waals surface area contributed by atoms with Gasteiger partial charge in [-0.05, 0) is 24.7 Å². The molecular formula is C11H13F2N3. The van der Waals surface area contributed by atoms with E-state index in [1.807, 2.05) is 19.2 Å². The second kappa shape index (κ2) is 4.57. The first kappa shape index (κ1) is 11.0. The molecule has 16 heavy (non-hydrogen) atoms. The van der Waals surface area contributed by atoms with E-state index in [-0.39, 0.29) is 6.54 Å². The fourth-order valence-corrected chi connectivity index (χ4v) is 1.81. The smallest absolute Gasteiger partial charge is 0.256 e. The van der Waals surface area contributed by atoms with Crippen molar-refractivity contribution in [3.05, 3.63) is 30.1 Å². The second-order valence-electron chi connectivity index (χ2n) is 3.60. The maximum absolute atomic E-state index is 12.4. The molecule has 5 heteroatoms. The van der Waals surface area contributed by atoms with Crippen LogP contribution in [0.1, 0.15) is 5.56 Å². The Hall–Kier alpha value is -1.49. The van der Waals surface area contributed by atoms with Crippen molar-refractivity contribution in [3.8, 4) is 0 Å². The topological polar surface area (TPSA) is 29.9 Å².